The number of aliphatic hydroxyl groups excluding tert-OH is 1. The smallest absolute Gasteiger partial charge is 0.200 e. The van der Waals surface area contributed by atoms with Crippen LogP contribution < -0.4 is 4.74 Å². The Labute approximate surface area is 309 Å². The first-order chi connectivity index (χ1) is 25.6. The Hall–Kier alpha value is -7.12. The van der Waals surface area contributed by atoms with Crippen LogP contribution in [0.15, 0.2) is 85.0 Å². The minimum absolute atomic E-state index is 0.0375. The molecule has 0 unspecified atom stereocenters. The fourth-order valence-electron chi connectivity index (χ4n) is 4.49. The van der Waals surface area contributed by atoms with Gasteiger partial charge in [0.15, 0.2) is 57.6 Å². The number of carbonyl (C=O) groups is 4. The number of ether oxygens (including phenoxy) is 1. The lowest BCUT2D eigenvalue weighted by Crippen LogP contribution is -2.02. The number of carbonyl (C=O) groups excluding carboxylic acids is 4. The monoisotopic (exact) mass is 738 g/mol. The maximum absolute atomic E-state index is 12.0. The zero-order valence-corrected chi connectivity index (χ0v) is 29.1. The zero-order valence-electron chi connectivity index (χ0n) is 29.1. The van der Waals surface area contributed by atoms with Crippen LogP contribution in [0.5, 0.6) is 46.0 Å². The van der Waals surface area contributed by atoms with Crippen molar-refractivity contribution in [3.05, 3.63) is 118 Å². The van der Waals surface area contributed by atoms with Crippen molar-refractivity contribution in [3.63, 3.8) is 0 Å². The molecule has 0 amide bonds. The molecule has 0 aliphatic carbocycles. The number of aryl methyl sites for hydroxylation is 1. The van der Waals surface area contributed by atoms with Crippen molar-refractivity contribution in [3.8, 4) is 46.0 Å². The first kappa shape index (κ1) is 41.3. The number of hydrogen-bond donors (Lipinski definition) is 8. The van der Waals surface area contributed by atoms with Gasteiger partial charge >= 0.3 is 0 Å². The van der Waals surface area contributed by atoms with Gasteiger partial charge in [-0.15, -0.1) is 0 Å². The summed E-state index contributed by atoms with van der Waals surface area (Å²) in [5.41, 5.74) is 2.80. The maximum Gasteiger partial charge on any atom is 0.200 e. The van der Waals surface area contributed by atoms with Crippen LogP contribution in [-0.4, -0.2) is 71.1 Å². The minimum Gasteiger partial charge on any atom is -0.508 e. The molecule has 4 rings (SSSR count). The zero-order chi connectivity index (χ0) is 39.9. The van der Waals surface area contributed by atoms with E-state index in [2.05, 4.69) is 0 Å². The van der Waals surface area contributed by atoms with Crippen molar-refractivity contribution < 1.29 is 64.8 Å². The normalized spacial score (nSPS) is 11.2. The van der Waals surface area contributed by atoms with E-state index in [-0.39, 0.29) is 46.5 Å². The van der Waals surface area contributed by atoms with Crippen molar-refractivity contribution in [1.82, 2.24) is 0 Å². The Morgan fingerprint density at radius 3 is 1.41 bits per heavy atom. The number of ketones is 4. The molecule has 0 fully saturated rings. The number of methoxy groups -OCH3 is 1. The first-order valence-corrected chi connectivity index (χ1v) is 16.0. The largest absolute Gasteiger partial charge is 0.508 e. The molecule has 280 valence electrons. The molecule has 0 aromatic heterocycles. The van der Waals surface area contributed by atoms with Gasteiger partial charge in [0, 0.05) is 5.56 Å². The van der Waals surface area contributed by atoms with Crippen LogP contribution in [0.25, 0.3) is 24.3 Å². The third kappa shape index (κ3) is 12.6. The van der Waals surface area contributed by atoms with Crippen molar-refractivity contribution in [2.24, 2.45) is 0 Å². The van der Waals surface area contributed by atoms with Crippen LogP contribution in [0, 0.1) is 6.92 Å². The second kappa shape index (κ2) is 19.5. The highest BCUT2D eigenvalue weighted by Gasteiger charge is 2.11. The summed E-state index contributed by atoms with van der Waals surface area (Å²) >= 11 is 0. The highest BCUT2D eigenvalue weighted by molar-refractivity contribution is 6.11. The number of phenols is 7. The number of phenolic OH excluding ortho intramolecular Hbond substituents is 6. The molecule has 0 atom stereocenters. The van der Waals surface area contributed by atoms with Crippen LogP contribution in [-0.2, 0) is 25.8 Å². The number of rotatable bonds is 14. The third-order valence-electron chi connectivity index (χ3n) is 7.43. The third-order valence-corrected chi connectivity index (χ3v) is 7.43. The summed E-state index contributed by atoms with van der Waals surface area (Å²) < 4.78 is 4.90. The molecule has 0 heterocycles. The molecule has 0 aliphatic rings. The van der Waals surface area contributed by atoms with E-state index in [0.717, 1.165) is 17.7 Å². The average Bonchev–Trinajstić information content (AvgIpc) is 3.13. The lowest BCUT2D eigenvalue weighted by atomic mass is 10.1. The summed E-state index contributed by atoms with van der Waals surface area (Å²) in [6.45, 7) is 1.28. The number of aliphatic hydroxyl groups is 1. The van der Waals surface area contributed by atoms with E-state index in [1.54, 1.807) is 19.1 Å². The fourth-order valence-corrected chi connectivity index (χ4v) is 4.49. The number of aromatic hydroxyl groups is 7. The fraction of sp³-hybridized carbons (Fsp3) is 0.122. The summed E-state index contributed by atoms with van der Waals surface area (Å²) in [7, 11) is 1.31. The predicted molar refractivity (Wildman–Crippen MR) is 200 cm³/mol. The molecule has 0 saturated carbocycles. The van der Waals surface area contributed by atoms with Gasteiger partial charge in [-0.25, -0.2) is 0 Å². The average molecular weight is 739 g/mol. The Morgan fingerprint density at radius 2 is 0.944 bits per heavy atom. The van der Waals surface area contributed by atoms with E-state index in [1.807, 2.05) is 0 Å². The molecular weight excluding hydrogens is 700 g/mol. The SMILES string of the molecule is COc1cc(/C=C/C(=O)CC(=O)/C=C/c2cc(O)c(O)c(CO)c2)cc(O)c1O.Cc1ccc(/C=C/C(=O)CC(=O)/C=C/c2ccc(O)c(O)c2)cc1O. The molecule has 0 bridgehead atoms. The highest BCUT2D eigenvalue weighted by Crippen LogP contribution is 2.36. The van der Waals surface area contributed by atoms with Gasteiger partial charge in [0.05, 0.1) is 26.6 Å². The molecule has 13 heteroatoms. The van der Waals surface area contributed by atoms with Gasteiger partial charge in [-0.3, -0.25) is 19.2 Å². The van der Waals surface area contributed by atoms with E-state index in [9.17, 15) is 54.9 Å². The van der Waals surface area contributed by atoms with Crippen LogP contribution in [0.3, 0.4) is 0 Å². The summed E-state index contributed by atoms with van der Waals surface area (Å²) in [5.74, 6) is -3.77. The van der Waals surface area contributed by atoms with E-state index in [1.165, 1.54) is 92.1 Å². The van der Waals surface area contributed by atoms with Gasteiger partial charge in [-0.05, 0) is 102 Å². The van der Waals surface area contributed by atoms with E-state index in [0.29, 0.717) is 22.3 Å². The Balaban J connectivity index is 0.000000294. The lowest BCUT2D eigenvalue weighted by Gasteiger charge is -2.06. The van der Waals surface area contributed by atoms with Gasteiger partial charge in [-0.2, -0.15) is 0 Å². The van der Waals surface area contributed by atoms with E-state index in [4.69, 9.17) is 9.84 Å². The predicted octanol–water partition coefficient (Wildman–Crippen LogP) is 5.63. The van der Waals surface area contributed by atoms with Crippen LogP contribution in [0.2, 0.25) is 0 Å². The van der Waals surface area contributed by atoms with Crippen molar-refractivity contribution in [2.75, 3.05) is 7.11 Å². The van der Waals surface area contributed by atoms with Crippen LogP contribution >= 0.6 is 0 Å². The second-order valence-electron chi connectivity index (χ2n) is 11.6. The molecule has 8 N–H and O–H groups in total. The van der Waals surface area contributed by atoms with Gasteiger partial charge in [0.25, 0.3) is 0 Å². The summed E-state index contributed by atoms with van der Waals surface area (Å²) in [6, 6.07) is 14.4. The Morgan fingerprint density at radius 1 is 0.519 bits per heavy atom. The summed E-state index contributed by atoms with van der Waals surface area (Å²) in [4.78, 5) is 47.5. The minimum atomic E-state index is -0.496. The summed E-state index contributed by atoms with van der Waals surface area (Å²) in [5, 5.41) is 75.7. The van der Waals surface area contributed by atoms with Crippen molar-refractivity contribution in [1.29, 1.82) is 0 Å². The topological polar surface area (TPSA) is 239 Å². The van der Waals surface area contributed by atoms with Gasteiger partial charge in [0.2, 0.25) is 5.75 Å². The molecule has 13 nitrogen and oxygen atoms in total. The molecule has 4 aromatic carbocycles. The number of hydrogen-bond acceptors (Lipinski definition) is 13. The maximum atomic E-state index is 12.0. The molecule has 0 spiro atoms. The van der Waals surface area contributed by atoms with Crippen LogP contribution in [0.4, 0.5) is 0 Å². The molecule has 0 saturated heterocycles. The summed E-state index contributed by atoms with van der Waals surface area (Å²) in [6.07, 6.45) is 9.86. The molecule has 0 radical (unpaired) electrons. The number of allylic oxidation sites excluding steroid dienone is 4. The number of benzene rings is 4. The lowest BCUT2D eigenvalue weighted by molar-refractivity contribution is -0.123. The molecule has 0 aliphatic heterocycles. The molecule has 54 heavy (non-hydrogen) atoms. The van der Waals surface area contributed by atoms with Crippen molar-refractivity contribution >= 4 is 47.4 Å². The van der Waals surface area contributed by atoms with Crippen LogP contribution in [0.1, 0.15) is 46.2 Å². The highest BCUT2D eigenvalue weighted by atomic mass is 16.5. The Bertz CT molecular complexity index is 2010. The van der Waals surface area contributed by atoms with E-state index >= 15 is 0 Å². The second-order valence-corrected chi connectivity index (χ2v) is 11.6. The quantitative estimate of drug-likeness (QED) is 0.0445. The first-order valence-electron chi connectivity index (χ1n) is 16.0. The Kier molecular flexibility index (Phi) is 14.9. The standard InChI is InChI=1S/C21H20O8.C20H18O5/c1-29-19-9-13(8-18(26)21(19)28)3-5-16(24)10-15(23)4-2-12-6-14(11-22)20(27)17(25)7-12;1-13-2-3-14(10-19(13)24)4-7-16(21)12-17(22)8-5-15-6-9-18(23)20(25)11-15/h2-9,22,25-28H,10-11H2,1H3;2-11,23-25H,12H2,1H3/b4-2+,5-3+;7-4+,8-5+. The molecular formula is C41H38O13. The van der Waals surface area contributed by atoms with Gasteiger partial charge in [0.1, 0.15) is 5.75 Å². The van der Waals surface area contributed by atoms with Crippen molar-refractivity contribution in [2.45, 2.75) is 26.4 Å². The van der Waals surface area contributed by atoms with Gasteiger partial charge in [-0.1, -0.05) is 42.5 Å². The van der Waals surface area contributed by atoms with Gasteiger partial charge < -0.3 is 45.6 Å². The van der Waals surface area contributed by atoms with E-state index < -0.39 is 47.6 Å². The molecule has 4 aromatic rings.